The van der Waals surface area contributed by atoms with E-state index in [0.29, 0.717) is 0 Å². The second-order valence-corrected chi connectivity index (χ2v) is 5.41. The molecule has 0 aromatic heterocycles. The Hall–Kier alpha value is -1.87. The van der Waals surface area contributed by atoms with E-state index in [2.05, 4.69) is 24.4 Å². The van der Waals surface area contributed by atoms with E-state index in [1.54, 1.807) is 12.1 Å². The first kappa shape index (κ1) is 14.1. The molecular formula is C18H20FNO. The van der Waals surface area contributed by atoms with Crippen LogP contribution in [0.25, 0.3) is 0 Å². The van der Waals surface area contributed by atoms with Crippen LogP contribution in [0.15, 0.2) is 42.5 Å². The first-order valence-corrected chi connectivity index (χ1v) is 7.49. The highest BCUT2D eigenvalue weighted by Gasteiger charge is 2.17. The largest absolute Gasteiger partial charge is 0.493 e. The van der Waals surface area contributed by atoms with Gasteiger partial charge in [0, 0.05) is 12.5 Å². The van der Waals surface area contributed by atoms with Gasteiger partial charge < -0.3 is 10.1 Å². The second kappa shape index (κ2) is 6.27. The lowest BCUT2D eigenvalue weighted by Gasteiger charge is -2.19. The summed E-state index contributed by atoms with van der Waals surface area (Å²) in [6, 6.07) is 13.4. The smallest absolute Gasteiger partial charge is 0.123 e. The molecule has 2 aromatic carbocycles. The zero-order chi connectivity index (χ0) is 14.7. The van der Waals surface area contributed by atoms with Crippen molar-refractivity contribution in [2.24, 2.45) is 0 Å². The second-order valence-electron chi connectivity index (χ2n) is 5.41. The van der Waals surface area contributed by atoms with Crippen LogP contribution in [-0.2, 0) is 12.8 Å². The van der Waals surface area contributed by atoms with Crippen LogP contribution in [-0.4, -0.2) is 13.2 Å². The molecule has 1 N–H and O–H groups in total. The third-order valence-corrected chi connectivity index (χ3v) is 3.90. The summed E-state index contributed by atoms with van der Waals surface area (Å²) in [6.07, 6.45) is 1.76. The van der Waals surface area contributed by atoms with Crippen LogP contribution in [0.5, 0.6) is 5.75 Å². The molecule has 0 radical (unpaired) electrons. The van der Waals surface area contributed by atoms with Crippen molar-refractivity contribution in [3.05, 3.63) is 65.0 Å². The Morgan fingerprint density at radius 2 is 2.14 bits per heavy atom. The van der Waals surface area contributed by atoms with Crippen LogP contribution in [0.3, 0.4) is 0 Å². The van der Waals surface area contributed by atoms with Crippen molar-refractivity contribution in [1.82, 2.24) is 5.32 Å². The zero-order valence-electron chi connectivity index (χ0n) is 12.2. The van der Waals surface area contributed by atoms with Crippen LogP contribution in [0.1, 0.15) is 29.7 Å². The molecule has 0 fully saturated rings. The van der Waals surface area contributed by atoms with Crippen molar-refractivity contribution in [2.45, 2.75) is 25.8 Å². The predicted molar refractivity (Wildman–Crippen MR) is 82.2 cm³/mol. The molecule has 0 saturated carbocycles. The van der Waals surface area contributed by atoms with Gasteiger partial charge in [-0.1, -0.05) is 31.2 Å². The molecule has 3 rings (SSSR count). The van der Waals surface area contributed by atoms with Crippen molar-refractivity contribution in [3.8, 4) is 5.75 Å². The van der Waals surface area contributed by atoms with Crippen LogP contribution < -0.4 is 10.1 Å². The van der Waals surface area contributed by atoms with Crippen molar-refractivity contribution >= 4 is 0 Å². The minimum absolute atomic E-state index is 0.176. The number of hydrogen-bond donors (Lipinski definition) is 1. The number of rotatable bonds is 5. The third kappa shape index (κ3) is 3.24. The van der Waals surface area contributed by atoms with Gasteiger partial charge in [-0.05, 0) is 47.9 Å². The summed E-state index contributed by atoms with van der Waals surface area (Å²) in [4.78, 5) is 0. The summed E-state index contributed by atoms with van der Waals surface area (Å²) in [7, 11) is 0. The summed E-state index contributed by atoms with van der Waals surface area (Å²) in [5, 5.41) is 3.49. The Labute approximate surface area is 125 Å². The van der Waals surface area contributed by atoms with E-state index < -0.39 is 0 Å². The average Bonchev–Trinajstić information content (AvgIpc) is 2.94. The lowest BCUT2D eigenvalue weighted by molar-refractivity contribution is 0.356. The van der Waals surface area contributed by atoms with Crippen molar-refractivity contribution in [1.29, 1.82) is 0 Å². The SMILES string of the molecule is CCNC(Cc1cccc(F)c1)c1ccc2c(c1)CCO2. The van der Waals surface area contributed by atoms with Gasteiger partial charge in [-0.25, -0.2) is 4.39 Å². The summed E-state index contributed by atoms with van der Waals surface area (Å²) < 4.78 is 18.9. The lowest BCUT2D eigenvalue weighted by atomic mass is 9.96. The van der Waals surface area contributed by atoms with E-state index in [-0.39, 0.29) is 11.9 Å². The molecule has 1 unspecified atom stereocenters. The average molecular weight is 285 g/mol. The Balaban J connectivity index is 1.84. The molecule has 0 bridgehead atoms. The van der Waals surface area contributed by atoms with Gasteiger partial charge in [-0.3, -0.25) is 0 Å². The molecule has 2 aromatic rings. The van der Waals surface area contributed by atoms with E-state index in [0.717, 1.165) is 37.3 Å². The van der Waals surface area contributed by atoms with Crippen LogP contribution in [0.4, 0.5) is 4.39 Å². The molecule has 0 amide bonds. The number of benzene rings is 2. The Morgan fingerprint density at radius 3 is 2.95 bits per heavy atom. The molecule has 1 atom stereocenters. The number of ether oxygens (including phenoxy) is 1. The van der Waals surface area contributed by atoms with Gasteiger partial charge in [0.15, 0.2) is 0 Å². The summed E-state index contributed by atoms with van der Waals surface area (Å²) in [5.41, 5.74) is 3.53. The highest BCUT2D eigenvalue weighted by atomic mass is 19.1. The zero-order valence-corrected chi connectivity index (χ0v) is 12.2. The molecule has 3 heteroatoms. The molecule has 1 aliphatic rings. The van der Waals surface area contributed by atoms with E-state index >= 15 is 0 Å². The van der Waals surface area contributed by atoms with Gasteiger partial charge in [-0.2, -0.15) is 0 Å². The molecular weight excluding hydrogens is 265 g/mol. The fourth-order valence-electron chi connectivity index (χ4n) is 2.88. The van der Waals surface area contributed by atoms with Crippen molar-refractivity contribution in [2.75, 3.05) is 13.2 Å². The van der Waals surface area contributed by atoms with Gasteiger partial charge in [0.1, 0.15) is 11.6 Å². The molecule has 0 spiro atoms. The minimum Gasteiger partial charge on any atom is -0.493 e. The van der Waals surface area contributed by atoms with Crippen molar-refractivity contribution in [3.63, 3.8) is 0 Å². The minimum atomic E-state index is -0.176. The number of likely N-dealkylation sites (N-methyl/N-ethyl adjacent to an activating group) is 1. The van der Waals surface area contributed by atoms with E-state index in [1.165, 1.54) is 17.2 Å². The van der Waals surface area contributed by atoms with E-state index in [1.807, 2.05) is 12.1 Å². The van der Waals surface area contributed by atoms with Gasteiger partial charge >= 0.3 is 0 Å². The molecule has 1 heterocycles. The fourth-order valence-corrected chi connectivity index (χ4v) is 2.88. The molecule has 110 valence electrons. The summed E-state index contributed by atoms with van der Waals surface area (Å²) in [6.45, 7) is 3.75. The van der Waals surface area contributed by atoms with Crippen molar-refractivity contribution < 1.29 is 9.13 Å². The topological polar surface area (TPSA) is 21.3 Å². The maximum atomic E-state index is 13.3. The highest BCUT2D eigenvalue weighted by Crippen LogP contribution is 2.29. The maximum absolute atomic E-state index is 13.3. The number of halogens is 1. The number of fused-ring (bicyclic) bond motifs is 1. The molecule has 0 saturated heterocycles. The monoisotopic (exact) mass is 285 g/mol. The molecule has 1 aliphatic heterocycles. The van der Waals surface area contributed by atoms with Gasteiger partial charge in [0.25, 0.3) is 0 Å². The van der Waals surface area contributed by atoms with Crippen LogP contribution >= 0.6 is 0 Å². The fraction of sp³-hybridized carbons (Fsp3) is 0.333. The summed E-state index contributed by atoms with van der Waals surface area (Å²) >= 11 is 0. The molecule has 21 heavy (non-hydrogen) atoms. The number of nitrogens with one attached hydrogen (secondary N) is 1. The van der Waals surface area contributed by atoms with E-state index in [4.69, 9.17) is 4.74 Å². The van der Waals surface area contributed by atoms with Gasteiger partial charge in [0.05, 0.1) is 6.61 Å². The quantitative estimate of drug-likeness (QED) is 0.905. The summed E-state index contributed by atoms with van der Waals surface area (Å²) in [5.74, 6) is 0.824. The van der Waals surface area contributed by atoms with Gasteiger partial charge in [0.2, 0.25) is 0 Å². The Morgan fingerprint density at radius 1 is 1.24 bits per heavy atom. The van der Waals surface area contributed by atoms with Crippen LogP contribution in [0.2, 0.25) is 0 Å². The van der Waals surface area contributed by atoms with E-state index in [9.17, 15) is 4.39 Å². The molecule has 0 aliphatic carbocycles. The first-order valence-electron chi connectivity index (χ1n) is 7.49. The normalized spacial score (nSPS) is 14.6. The maximum Gasteiger partial charge on any atom is 0.123 e. The number of hydrogen-bond acceptors (Lipinski definition) is 2. The highest BCUT2D eigenvalue weighted by molar-refractivity contribution is 5.41. The van der Waals surface area contributed by atoms with Gasteiger partial charge in [-0.15, -0.1) is 0 Å². The predicted octanol–water partition coefficient (Wildman–Crippen LogP) is 3.65. The van der Waals surface area contributed by atoms with Crippen LogP contribution in [0, 0.1) is 5.82 Å². The Bertz CT molecular complexity index is 626. The first-order chi connectivity index (χ1) is 10.3. The Kier molecular flexibility index (Phi) is 4.20. The molecule has 2 nitrogen and oxygen atoms in total. The standard InChI is InChI=1S/C18H20FNO/c1-2-20-17(11-13-4-3-5-16(19)10-13)14-6-7-18-15(12-14)8-9-21-18/h3-7,10,12,17,20H,2,8-9,11H2,1H3. The third-order valence-electron chi connectivity index (χ3n) is 3.90. The lowest BCUT2D eigenvalue weighted by Crippen LogP contribution is -2.23.